The van der Waals surface area contributed by atoms with Crippen LogP contribution in [0.2, 0.25) is 0 Å². The topological polar surface area (TPSA) is 44.5 Å². The van der Waals surface area contributed by atoms with Crippen LogP contribution in [0.15, 0.2) is 53.4 Å². The van der Waals surface area contributed by atoms with Gasteiger partial charge < -0.3 is 15.2 Å². The number of nitrogens with two attached hydrogens (primary N) is 1. The van der Waals surface area contributed by atoms with Crippen LogP contribution in [0.4, 0.5) is 0 Å². The molecule has 0 saturated heterocycles. The minimum Gasteiger partial charge on any atom is -0.497 e. The zero-order chi connectivity index (χ0) is 14.2. The number of ether oxygens (including phenoxy) is 2. The lowest BCUT2D eigenvalue weighted by atomic mass is 10.2. The first kappa shape index (κ1) is 14.8. The number of hydrogen-bond donors (Lipinski definition) is 1. The molecule has 2 rings (SSSR count). The van der Waals surface area contributed by atoms with Gasteiger partial charge in [0.15, 0.2) is 0 Å². The molecule has 0 amide bonds. The molecule has 0 heterocycles. The van der Waals surface area contributed by atoms with Crippen molar-refractivity contribution >= 4 is 11.8 Å². The summed E-state index contributed by atoms with van der Waals surface area (Å²) in [4.78, 5) is 1.25. The minimum absolute atomic E-state index is 0.443. The molecule has 0 aliphatic heterocycles. The van der Waals surface area contributed by atoms with Crippen LogP contribution in [-0.2, 0) is 6.54 Å². The Bertz CT molecular complexity index is 531. The van der Waals surface area contributed by atoms with Crippen LogP contribution < -0.4 is 15.2 Å². The van der Waals surface area contributed by atoms with Gasteiger partial charge in [0, 0.05) is 22.8 Å². The lowest BCUT2D eigenvalue weighted by molar-refractivity contribution is 0.338. The monoisotopic (exact) mass is 289 g/mol. The molecule has 106 valence electrons. The zero-order valence-corrected chi connectivity index (χ0v) is 12.4. The number of hydrogen-bond acceptors (Lipinski definition) is 4. The lowest BCUT2D eigenvalue weighted by Crippen LogP contribution is -2.05. The predicted molar refractivity (Wildman–Crippen MR) is 83.5 cm³/mol. The Morgan fingerprint density at radius 3 is 2.60 bits per heavy atom. The molecule has 0 saturated carbocycles. The van der Waals surface area contributed by atoms with Crippen molar-refractivity contribution < 1.29 is 9.47 Å². The molecule has 0 bridgehead atoms. The van der Waals surface area contributed by atoms with E-state index in [1.54, 1.807) is 18.9 Å². The third-order valence-electron chi connectivity index (χ3n) is 2.84. The first-order valence-electron chi connectivity index (χ1n) is 6.51. The van der Waals surface area contributed by atoms with E-state index in [-0.39, 0.29) is 0 Å². The van der Waals surface area contributed by atoms with Crippen molar-refractivity contribution in [2.45, 2.75) is 11.4 Å². The molecule has 0 spiro atoms. The first-order chi connectivity index (χ1) is 9.83. The molecule has 2 aromatic carbocycles. The van der Waals surface area contributed by atoms with E-state index in [4.69, 9.17) is 15.2 Å². The minimum atomic E-state index is 0.443. The zero-order valence-electron chi connectivity index (χ0n) is 11.5. The van der Waals surface area contributed by atoms with Crippen molar-refractivity contribution in [2.24, 2.45) is 5.73 Å². The summed E-state index contributed by atoms with van der Waals surface area (Å²) in [6.45, 7) is 1.09. The van der Waals surface area contributed by atoms with Crippen molar-refractivity contribution in [3.8, 4) is 11.5 Å². The summed E-state index contributed by atoms with van der Waals surface area (Å²) >= 11 is 1.78. The maximum atomic E-state index is 5.79. The van der Waals surface area contributed by atoms with Crippen molar-refractivity contribution in [2.75, 3.05) is 19.5 Å². The Morgan fingerprint density at radius 1 is 1.10 bits per heavy atom. The van der Waals surface area contributed by atoms with Crippen LogP contribution in [0.1, 0.15) is 5.56 Å². The molecule has 2 N–H and O–H groups in total. The molecule has 0 aliphatic rings. The van der Waals surface area contributed by atoms with E-state index in [2.05, 4.69) is 12.1 Å². The highest BCUT2D eigenvalue weighted by molar-refractivity contribution is 7.99. The van der Waals surface area contributed by atoms with Crippen LogP contribution in [0.25, 0.3) is 0 Å². The largest absolute Gasteiger partial charge is 0.497 e. The molecule has 20 heavy (non-hydrogen) atoms. The average molecular weight is 289 g/mol. The molecule has 0 aliphatic carbocycles. The Labute approximate surface area is 124 Å². The Kier molecular flexibility index (Phi) is 5.77. The Morgan fingerprint density at radius 2 is 1.90 bits per heavy atom. The van der Waals surface area contributed by atoms with Crippen LogP contribution in [0, 0.1) is 0 Å². The number of thioether (sulfide) groups is 1. The lowest BCUT2D eigenvalue weighted by Gasteiger charge is -2.11. The second-order valence-corrected chi connectivity index (χ2v) is 5.36. The second kappa shape index (κ2) is 7.82. The van der Waals surface area contributed by atoms with Gasteiger partial charge in [-0.3, -0.25) is 0 Å². The Balaban J connectivity index is 1.85. The number of rotatable bonds is 7. The summed E-state index contributed by atoms with van der Waals surface area (Å²) in [6.07, 6.45) is 0. The van der Waals surface area contributed by atoms with Gasteiger partial charge in [0.25, 0.3) is 0 Å². The van der Waals surface area contributed by atoms with Gasteiger partial charge in [0.2, 0.25) is 0 Å². The van der Waals surface area contributed by atoms with E-state index in [9.17, 15) is 0 Å². The van der Waals surface area contributed by atoms with Gasteiger partial charge >= 0.3 is 0 Å². The molecular weight excluding hydrogens is 270 g/mol. The molecule has 0 atom stereocenters. The fourth-order valence-electron chi connectivity index (χ4n) is 1.81. The summed E-state index contributed by atoms with van der Waals surface area (Å²) in [7, 11) is 1.65. The van der Waals surface area contributed by atoms with Crippen molar-refractivity contribution in [1.29, 1.82) is 0 Å². The van der Waals surface area contributed by atoms with Gasteiger partial charge in [-0.2, -0.15) is 0 Å². The fraction of sp³-hybridized carbons (Fsp3) is 0.250. The van der Waals surface area contributed by atoms with Gasteiger partial charge in [-0.05, 0) is 30.3 Å². The SMILES string of the molecule is COc1ccc(OCCSc2ccccc2)c(CN)c1. The molecule has 2 aromatic rings. The van der Waals surface area contributed by atoms with E-state index < -0.39 is 0 Å². The molecule has 0 aromatic heterocycles. The van der Waals surface area contributed by atoms with E-state index in [0.29, 0.717) is 13.2 Å². The maximum absolute atomic E-state index is 5.79. The summed E-state index contributed by atoms with van der Waals surface area (Å²) < 4.78 is 11.0. The van der Waals surface area contributed by atoms with Gasteiger partial charge in [-0.25, -0.2) is 0 Å². The molecular formula is C16H19NO2S. The standard InChI is InChI=1S/C16H19NO2S/c1-18-14-7-8-16(13(11-14)12-17)19-9-10-20-15-5-3-2-4-6-15/h2-8,11H,9-10,12,17H2,1H3. The normalized spacial score (nSPS) is 10.3. The first-order valence-corrected chi connectivity index (χ1v) is 7.49. The van der Waals surface area contributed by atoms with Crippen LogP contribution in [0.5, 0.6) is 11.5 Å². The van der Waals surface area contributed by atoms with Crippen molar-refractivity contribution in [3.63, 3.8) is 0 Å². The molecule has 0 fully saturated rings. The molecule has 3 nitrogen and oxygen atoms in total. The summed E-state index contributed by atoms with van der Waals surface area (Å²) in [6, 6.07) is 16.0. The molecule has 0 radical (unpaired) electrons. The fourth-order valence-corrected chi connectivity index (χ4v) is 2.56. The van der Waals surface area contributed by atoms with E-state index >= 15 is 0 Å². The predicted octanol–water partition coefficient (Wildman–Crippen LogP) is 3.33. The maximum Gasteiger partial charge on any atom is 0.124 e. The number of benzene rings is 2. The van der Waals surface area contributed by atoms with Crippen LogP contribution >= 0.6 is 11.8 Å². The van der Waals surface area contributed by atoms with Gasteiger partial charge in [0.1, 0.15) is 11.5 Å². The van der Waals surface area contributed by atoms with Crippen LogP contribution in [0.3, 0.4) is 0 Å². The van der Waals surface area contributed by atoms with Crippen LogP contribution in [-0.4, -0.2) is 19.5 Å². The van der Waals surface area contributed by atoms with Gasteiger partial charge in [-0.15, -0.1) is 11.8 Å². The van der Waals surface area contributed by atoms with E-state index in [1.807, 2.05) is 36.4 Å². The summed E-state index contributed by atoms with van der Waals surface area (Å²) in [5.74, 6) is 2.54. The Hall–Kier alpha value is -1.65. The highest BCUT2D eigenvalue weighted by atomic mass is 32.2. The second-order valence-electron chi connectivity index (χ2n) is 4.19. The average Bonchev–Trinajstić information content (AvgIpc) is 2.52. The summed E-state index contributed by atoms with van der Waals surface area (Å²) in [5, 5.41) is 0. The highest BCUT2D eigenvalue weighted by Gasteiger charge is 2.04. The highest BCUT2D eigenvalue weighted by Crippen LogP contribution is 2.24. The quantitative estimate of drug-likeness (QED) is 0.627. The number of methoxy groups -OCH3 is 1. The van der Waals surface area contributed by atoms with Gasteiger partial charge in [-0.1, -0.05) is 18.2 Å². The molecule has 0 unspecified atom stereocenters. The van der Waals surface area contributed by atoms with Crippen molar-refractivity contribution in [3.05, 3.63) is 54.1 Å². The summed E-state index contributed by atoms with van der Waals surface area (Å²) in [5.41, 5.74) is 6.70. The van der Waals surface area contributed by atoms with Crippen molar-refractivity contribution in [1.82, 2.24) is 0 Å². The third-order valence-corrected chi connectivity index (χ3v) is 3.82. The van der Waals surface area contributed by atoms with E-state index in [0.717, 1.165) is 22.8 Å². The van der Waals surface area contributed by atoms with Gasteiger partial charge in [0.05, 0.1) is 13.7 Å². The van der Waals surface area contributed by atoms with E-state index in [1.165, 1.54) is 4.90 Å². The third kappa shape index (κ3) is 4.18. The molecule has 4 heteroatoms. The smallest absolute Gasteiger partial charge is 0.124 e.